The number of nitrogens with one attached hydrogen (secondary N) is 1. The number of fused-ring (bicyclic) bond motifs is 1. The molecule has 0 bridgehead atoms. The molecule has 1 atom stereocenters. The molecule has 6 nitrogen and oxygen atoms in total. The van der Waals surface area contributed by atoms with Crippen LogP contribution in [0.4, 0.5) is 11.4 Å². The molecule has 4 rings (SSSR count). The maximum absolute atomic E-state index is 12.4. The first-order valence-corrected chi connectivity index (χ1v) is 8.80. The lowest BCUT2D eigenvalue weighted by molar-refractivity contribution is -0.116. The summed E-state index contributed by atoms with van der Waals surface area (Å²) in [6.07, 6.45) is 3.06. The molecule has 134 valence electrons. The zero-order valence-electron chi connectivity index (χ0n) is 14.8. The molecular formula is C20H22N4O2. The van der Waals surface area contributed by atoms with Crippen molar-refractivity contribution in [2.24, 2.45) is 0 Å². The Bertz CT molecular complexity index is 904. The van der Waals surface area contributed by atoms with Crippen molar-refractivity contribution in [1.82, 2.24) is 9.55 Å². The summed E-state index contributed by atoms with van der Waals surface area (Å²) in [4.78, 5) is 19.0. The Morgan fingerprint density at radius 3 is 2.81 bits per heavy atom. The normalized spacial score (nSPS) is 17.0. The number of methoxy groups -OCH3 is 1. The molecule has 1 fully saturated rings. The zero-order valence-corrected chi connectivity index (χ0v) is 14.8. The number of nitrogens with zero attached hydrogens (tertiary/aromatic N) is 3. The van der Waals surface area contributed by atoms with Crippen LogP contribution in [0, 0.1) is 0 Å². The van der Waals surface area contributed by atoms with E-state index in [4.69, 9.17) is 4.74 Å². The number of para-hydroxylation sites is 2. The van der Waals surface area contributed by atoms with E-state index in [1.807, 2.05) is 53.1 Å². The average Bonchev–Trinajstić information content (AvgIpc) is 3.30. The van der Waals surface area contributed by atoms with Gasteiger partial charge in [0.2, 0.25) is 5.91 Å². The predicted molar refractivity (Wildman–Crippen MR) is 102 cm³/mol. The van der Waals surface area contributed by atoms with E-state index in [0.29, 0.717) is 6.10 Å². The van der Waals surface area contributed by atoms with E-state index in [1.54, 1.807) is 13.4 Å². The third-order valence-corrected chi connectivity index (χ3v) is 4.84. The molecule has 1 saturated heterocycles. The highest BCUT2D eigenvalue weighted by Crippen LogP contribution is 2.23. The monoisotopic (exact) mass is 350 g/mol. The summed E-state index contributed by atoms with van der Waals surface area (Å²) in [5.74, 6) is -0.0680. The Morgan fingerprint density at radius 1 is 1.23 bits per heavy atom. The molecule has 2 aromatic carbocycles. The van der Waals surface area contributed by atoms with Gasteiger partial charge in [0.25, 0.3) is 0 Å². The molecule has 2 heterocycles. The second-order valence-corrected chi connectivity index (χ2v) is 6.55. The summed E-state index contributed by atoms with van der Waals surface area (Å²) in [5, 5.41) is 2.95. The maximum Gasteiger partial charge on any atom is 0.244 e. The Hall–Kier alpha value is -2.86. The van der Waals surface area contributed by atoms with Crippen LogP contribution in [-0.2, 0) is 16.1 Å². The van der Waals surface area contributed by atoms with Crippen LogP contribution in [-0.4, -0.2) is 41.8 Å². The van der Waals surface area contributed by atoms with Crippen LogP contribution >= 0.6 is 0 Å². The average molecular weight is 350 g/mol. The lowest BCUT2D eigenvalue weighted by Gasteiger charge is -2.18. The van der Waals surface area contributed by atoms with Crippen LogP contribution in [0.5, 0.6) is 0 Å². The topological polar surface area (TPSA) is 59.4 Å². The number of benzene rings is 2. The first-order chi connectivity index (χ1) is 12.7. The van der Waals surface area contributed by atoms with Gasteiger partial charge >= 0.3 is 0 Å². The second-order valence-electron chi connectivity index (χ2n) is 6.55. The molecule has 0 saturated carbocycles. The molecule has 1 N–H and O–H groups in total. The number of imidazole rings is 1. The highest BCUT2D eigenvalue weighted by molar-refractivity contribution is 5.91. The van der Waals surface area contributed by atoms with Gasteiger partial charge in [-0.1, -0.05) is 12.1 Å². The van der Waals surface area contributed by atoms with Gasteiger partial charge in [0.05, 0.1) is 23.5 Å². The SMILES string of the molecule is COC1CCN(c2ccc(NC(=O)Cn3cnc4ccccc43)cc2)C1. The molecular weight excluding hydrogens is 328 g/mol. The van der Waals surface area contributed by atoms with Crippen LogP contribution in [0.25, 0.3) is 11.0 Å². The number of carbonyl (C=O) groups is 1. The number of amides is 1. The largest absolute Gasteiger partial charge is 0.380 e. The first kappa shape index (κ1) is 16.6. The van der Waals surface area contributed by atoms with E-state index in [0.717, 1.165) is 41.9 Å². The Morgan fingerprint density at radius 2 is 2.04 bits per heavy atom. The van der Waals surface area contributed by atoms with Gasteiger partial charge in [-0.2, -0.15) is 0 Å². The second kappa shape index (κ2) is 7.17. The van der Waals surface area contributed by atoms with Gasteiger partial charge in [-0.05, 0) is 42.8 Å². The van der Waals surface area contributed by atoms with Crippen molar-refractivity contribution in [1.29, 1.82) is 0 Å². The molecule has 6 heteroatoms. The molecule has 26 heavy (non-hydrogen) atoms. The van der Waals surface area contributed by atoms with Crippen LogP contribution < -0.4 is 10.2 Å². The van der Waals surface area contributed by atoms with Gasteiger partial charge < -0.3 is 19.5 Å². The quantitative estimate of drug-likeness (QED) is 0.769. The molecule has 0 radical (unpaired) electrons. The Labute approximate surface area is 152 Å². The minimum atomic E-state index is -0.0680. The summed E-state index contributed by atoms with van der Waals surface area (Å²) < 4.78 is 7.27. The summed E-state index contributed by atoms with van der Waals surface area (Å²) in [5.41, 5.74) is 3.80. The van der Waals surface area contributed by atoms with Crippen LogP contribution in [0.1, 0.15) is 6.42 Å². The summed E-state index contributed by atoms with van der Waals surface area (Å²) in [7, 11) is 1.76. The fourth-order valence-corrected chi connectivity index (χ4v) is 3.40. The lowest BCUT2D eigenvalue weighted by Crippen LogP contribution is -2.22. The highest BCUT2D eigenvalue weighted by Gasteiger charge is 2.22. The number of hydrogen-bond donors (Lipinski definition) is 1. The molecule has 1 aliphatic heterocycles. The van der Waals surface area contributed by atoms with Crippen molar-refractivity contribution in [2.45, 2.75) is 19.1 Å². The number of carbonyl (C=O) groups excluding carboxylic acids is 1. The van der Waals surface area contributed by atoms with Gasteiger partial charge in [0, 0.05) is 31.6 Å². The molecule has 0 spiro atoms. The van der Waals surface area contributed by atoms with E-state index in [9.17, 15) is 4.79 Å². The van der Waals surface area contributed by atoms with Crippen molar-refractivity contribution < 1.29 is 9.53 Å². The molecule has 1 amide bonds. The number of ether oxygens (including phenoxy) is 1. The van der Waals surface area contributed by atoms with Crippen molar-refractivity contribution in [3.8, 4) is 0 Å². The first-order valence-electron chi connectivity index (χ1n) is 8.80. The fourth-order valence-electron chi connectivity index (χ4n) is 3.40. The molecule has 1 aromatic heterocycles. The summed E-state index contributed by atoms with van der Waals surface area (Å²) >= 11 is 0. The van der Waals surface area contributed by atoms with Gasteiger partial charge in [-0.15, -0.1) is 0 Å². The lowest BCUT2D eigenvalue weighted by atomic mass is 10.2. The van der Waals surface area contributed by atoms with E-state index in [1.165, 1.54) is 0 Å². The third-order valence-electron chi connectivity index (χ3n) is 4.84. The van der Waals surface area contributed by atoms with Gasteiger partial charge in [-0.25, -0.2) is 4.98 Å². The number of hydrogen-bond acceptors (Lipinski definition) is 4. The van der Waals surface area contributed by atoms with Crippen molar-refractivity contribution in [3.05, 3.63) is 54.9 Å². The maximum atomic E-state index is 12.4. The zero-order chi connectivity index (χ0) is 17.9. The number of aromatic nitrogens is 2. The smallest absolute Gasteiger partial charge is 0.244 e. The van der Waals surface area contributed by atoms with Crippen LogP contribution in [0.2, 0.25) is 0 Å². The third kappa shape index (κ3) is 3.41. The van der Waals surface area contributed by atoms with E-state index in [2.05, 4.69) is 15.2 Å². The van der Waals surface area contributed by atoms with Crippen molar-refractivity contribution >= 4 is 28.3 Å². The van der Waals surface area contributed by atoms with Gasteiger partial charge in [0.15, 0.2) is 0 Å². The van der Waals surface area contributed by atoms with E-state index < -0.39 is 0 Å². The number of rotatable bonds is 5. The molecule has 1 aliphatic rings. The van der Waals surface area contributed by atoms with Gasteiger partial charge in [0.1, 0.15) is 6.54 Å². The predicted octanol–water partition coefficient (Wildman–Crippen LogP) is 2.90. The molecule has 0 aliphatic carbocycles. The Balaban J connectivity index is 1.39. The minimum absolute atomic E-state index is 0.0680. The number of anilines is 2. The minimum Gasteiger partial charge on any atom is -0.380 e. The Kier molecular flexibility index (Phi) is 4.58. The van der Waals surface area contributed by atoms with Crippen LogP contribution in [0.3, 0.4) is 0 Å². The van der Waals surface area contributed by atoms with Crippen molar-refractivity contribution in [3.63, 3.8) is 0 Å². The summed E-state index contributed by atoms with van der Waals surface area (Å²) in [6, 6.07) is 15.8. The summed E-state index contributed by atoms with van der Waals surface area (Å²) in [6.45, 7) is 2.15. The van der Waals surface area contributed by atoms with Gasteiger partial charge in [-0.3, -0.25) is 4.79 Å². The van der Waals surface area contributed by atoms with E-state index in [-0.39, 0.29) is 12.5 Å². The molecule has 3 aromatic rings. The van der Waals surface area contributed by atoms with Crippen LogP contribution in [0.15, 0.2) is 54.9 Å². The van der Waals surface area contributed by atoms with E-state index >= 15 is 0 Å². The fraction of sp³-hybridized carbons (Fsp3) is 0.300. The van der Waals surface area contributed by atoms with Crippen molar-refractivity contribution in [2.75, 3.05) is 30.4 Å². The highest BCUT2D eigenvalue weighted by atomic mass is 16.5. The molecule has 1 unspecified atom stereocenters. The standard InChI is InChI=1S/C20H22N4O2/c1-26-17-10-11-23(12-17)16-8-6-15(7-9-16)22-20(25)13-24-14-21-18-4-2-3-5-19(18)24/h2-9,14,17H,10-13H2,1H3,(H,22,25).